The molecule has 0 atom stereocenters. The van der Waals surface area contributed by atoms with Crippen LogP contribution < -0.4 is 20.1 Å². The van der Waals surface area contributed by atoms with Crippen molar-refractivity contribution in [3.63, 3.8) is 0 Å². The first kappa shape index (κ1) is 28.5. The number of anilines is 2. The molecule has 0 radical (unpaired) electrons. The molecule has 1 fully saturated rings. The minimum absolute atomic E-state index is 0.106. The van der Waals surface area contributed by atoms with Gasteiger partial charge in [0.05, 0.1) is 32.4 Å². The predicted octanol–water partition coefficient (Wildman–Crippen LogP) is 4.92. The van der Waals surface area contributed by atoms with Gasteiger partial charge in [-0.25, -0.2) is 9.97 Å². The molecule has 1 aliphatic rings. The number of fused-ring (bicyclic) bond motifs is 1. The van der Waals surface area contributed by atoms with Gasteiger partial charge in [-0.2, -0.15) is 0 Å². The summed E-state index contributed by atoms with van der Waals surface area (Å²) in [5, 5.41) is 9.17. The lowest BCUT2D eigenvalue weighted by atomic mass is 10.1. The molecule has 2 aromatic heterocycles. The molecule has 10 heteroatoms. The van der Waals surface area contributed by atoms with Crippen molar-refractivity contribution in [3.05, 3.63) is 76.8 Å². The van der Waals surface area contributed by atoms with Crippen molar-refractivity contribution in [2.45, 2.75) is 12.8 Å². The Kier molecular flexibility index (Phi) is 10.2. The van der Waals surface area contributed by atoms with Crippen LogP contribution in [0, 0.1) is 0 Å². The highest BCUT2D eigenvalue weighted by Gasteiger charge is 2.13. The first-order valence-electron chi connectivity index (χ1n) is 13.8. The number of carbonyl (C=O) groups excluding carboxylic acids is 1. The van der Waals surface area contributed by atoms with Crippen LogP contribution in [0.5, 0.6) is 11.5 Å². The van der Waals surface area contributed by atoms with Crippen LogP contribution in [0.2, 0.25) is 0 Å². The number of nitrogens with zero attached hydrogens (tertiary/aromatic N) is 3. The first-order valence-corrected chi connectivity index (χ1v) is 14.7. The molecule has 41 heavy (non-hydrogen) atoms. The zero-order valence-electron chi connectivity index (χ0n) is 23.2. The lowest BCUT2D eigenvalue weighted by Crippen LogP contribution is -2.37. The maximum Gasteiger partial charge on any atom is 0.244 e. The average molecular weight is 574 g/mol. The third-order valence-electron chi connectivity index (χ3n) is 6.75. The van der Waals surface area contributed by atoms with E-state index in [0.29, 0.717) is 30.5 Å². The number of aromatic nitrogens is 2. The quantitative estimate of drug-likeness (QED) is 0.172. The van der Waals surface area contributed by atoms with Crippen LogP contribution in [0.4, 0.5) is 11.5 Å². The maximum atomic E-state index is 12.1. The maximum absolute atomic E-state index is 12.1. The highest BCUT2D eigenvalue weighted by Crippen LogP contribution is 2.34. The zero-order chi connectivity index (χ0) is 28.3. The molecular formula is C31H35N5O4S. The summed E-state index contributed by atoms with van der Waals surface area (Å²) in [5.41, 5.74) is 2.55. The standard InChI is InChI=1S/C31H35N5O4S/c1-38-28-20-26-27(21-29(28)40-16-3-13-36-14-17-39-18-15-36)33-22-34-31(26)35-24-8-5-23(6-9-24)7-10-30(37)32-12-11-25-4-2-19-41-25/h2,4-10,19-22H,3,11-18H2,1H3,(H,32,37)(H,33,34,35). The van der Waals surface area contributed by atoms with Gasteiger partial charge < -0.3 is 24.8 Å². The molecule has 9 nitrogen and oxygen atoms in total. The van der Waals surface area contributed by atoms with Crippen molar-refractivity contribution < 1.29 is 19.0 Å². The topological polar surface area (TPSA) is 97.8 Å². The number of morpholine rings is 1. The monoisotopic (exact) mass is 573 g/mol. The fraction of sp³-hybridized carbons (Fsp3) is 0.323. The number of thiophene rings is 1. The molecule has 0 bridgehead atoms. The Bertz CT molecular complexity index is 1440. The SMILES string of the molecule is COc1cc2c(Nc3ccc(C=CC(=O)NCCc4cccs4)cc3)ncnc2cc1OCCCN1CCOCC1. The zero-order valence-corrected chi connectivity index (χ0v) is 24.0. The number of rotatable bonds is 13. The molecule has 4 aromatic rings. The lowest BCUT2D eigenvalue weighted by molar-refractivity contribution is -0.116. The van der Waals surface area contributed by atoms with Crippen molar-refractivity contribution in [1.82, 2.24) is 20.2 Å². The molecule has 5 rings (SSSR count). The number of hydrogen-bond acceptors (Lipinski definition) is 9. The van der Waals surface area contributed by atoms with Gasteiger partial charge in [-0.3, -0.25) is 9.69 Å². The Balaban J connectivity index is 1.17. The third kappa shape index (κ3) is 8.26. The van der Waals surface area contributed by atoms with E-state index >= 15 is 0 Å². The van der Waals surface area contributed by atoms with Crippen LogP contribution in [0.1, 0.15) is 16.9 Å². The Morgan fingerprint density at radius 3 is 2.76 bits per heavy atom. The summed E-state index contributed by atoms with van der Waals surface area (Å²) in [6, 6.07) is 15.7. The van der Waals surface area contributed by atoms with Gasteiger partial charge in [-0.05, 0) is 54.1 Å². The molecule has 2 N–H and O–H groups in total. The van der Waals surface area contributed by atoms with Crippen molar-refractivity contribution >= 4 is 45.7 Å². The van der Waals surface area contributed by atoms with Crippen molar-refractivity contribution in [1.29, 1.82) is 0 Å². The van der Waals surface area contributed by atoms with E-state index in [1.54, 1.807) is 30.6 Å². The third-order valence-corrected chi connectivity index (χ3v) is 7.69. The van der Waals surface area contributed by atoms with Crippen molar-refractivity contribution in [2.24, 2.45) is 0 Å². The number of amides is 1. The Hall–Kier alpha value is -3.99. The Morgan fingerprint density at radius 2 is 1.98 bits per heavy atom. The molecule has 214 valence electrons. The van der Waals surface area contributed by atoms with Gasteiger partial charge in [0.25, 0.3) is 0 Å². The van der Waals surface area contributed by atoms with E-state index in [-0.39, 0.29) is 5.91 Å². The fourth-order valence-electron chi connectivity index (χ4n) is 4.54. The normalized spacial score (nSPS) is 13.9. The van der Waals surface area contributed by atoms with E-state index in [4.69, 9.17) is 14.2 Å². The van der Waals surface area contributed by atoms with Crippen LogP contribution >= 0.6 is 11.3 Å². The number of ether oxygens (including phenoxy) is 3. The molecule has 0 unspecified atom stereocenters. The lowest BCUT2D eigenvalue weighted by Gasteiger charge is -2.26. The van der Waals surface area contributed by atoms with Crippen LogP contribution in [0.15, 0.2) is 66.3 Å². The number of benzene rings is 2. The van der Waals surface area contributed by atoms with Crippen LogP contribution in [-0.4, -0.2) is 73.9 Å². The number of hydrogen-bond donors (Lipinski definition) is 2. The molecule has 1 aliphatic heterocycles. The van der Waals surface area contributed by atoms with E-state index in [1.165, 1.54) is 11.2 Å². The number of methoxy groups -OCH3 is 1. The highest BCUT2D eigenvalue weighted by atomic mass is 32.1. The molecule has 2 aromatic carbocycles. The summed E-state index contributed by atoms with van der Waals surface area (Å²) in [5.74, 6) is 1.86. The summed E-state index contributed by atoms with van der Waals surface area (Å²) in [4.78, 5) is 24.7. The highest BCUT2D eigenvalue weighted by molar-refractivity contribution is 7.09. The van der Waals surface area contributed by atoms with Gasteiger partial charge in [-0.15, -0.1) is 11.3 Å². The second kappa shape index (κ2) is 14.6. The van der Waals surface area contributed by atoms with Gasteiger partial charge >= 0.3 is 0 Å². The van der Waals surface area contributed by atoms with Gasteiger partial charge in [0.15, 0.2) is 11.5 Å². The largest absolute Gasteiger partial charge is 0.493 e. The first-order chi connectivity index (χ1) is 20.2. The second-order valence-corrected chi connectivity index (χ2v) is 10.6. The molecule has 0 aliphatic carbocycles. The second-order valence-electron chi connectivity index (χ2n) is 9.60. The Labute approximate surface area is 244 Å². The number of carbonyl (C=O) groups is 1. The summed E-state index contributed by atoms with van der Waals surface area (Å²) < 4.78 is 17.1. The summed E-state index contributed by atoms with van der Waals surface area (Å²) >= 11 is 1.70. The van der Waals surface area contributed by atoms with E-state index in [1.807, 2.05) is 47.8 Å². The minimum atomic E-state index is -0.106. The molecule has 0 spiro atoms. The van der Waals surface area contributed by atoms with Gasteiger partial charge in [-0.1, -0.05) is 18.2 Å². The predicted molar refractivity (Wildman–Crippen MR) is 163 cm³/mol. The molecule has 1 saturated heterocycles. The average Bonchev–Trinajstić information content (AvgIpc) is 3.53. The van der Waals surface area contributed by atoms with Crippen molar-refractivity contribution in [2.75, 3.05) is 58.4 Å². The van der Waals surface area contributed by atoms with E-state index in [9.17, 15) is 4.79 Å². The van der Waals surface area contributed by atoms with Crippen LogP contribution in [0.3, 0.4) is 0 Å². The summed E-state index contributed by atoms with van der Waals surface area (Å²) in [6.45, 7) is 5.73. The van der Waals surface area contributed by atoms with Crippen molar-refractivity contribution in [3.8, 4) is 11.5 Å². The summed E-state index contributed by atoms with van der Waals surface area (Å²) in [6.07, 6.45) is 6.66. The minimum Gasteiger partial charge on any atom is -0.493 e. The van der Waals surface area contributed by atoms with Crippen LogP contribution in [-0.2, 0) is 16.0 Å². The van der Waals surface area contributed by atoms with Gasteiger partial charge in [0.1, 0.15) is 12.1 Å². The smallest absolute Gasteiger partial charge is 0.244 e. The Morgan fingerprint density at radius 1 is 1.12 bits per heavy atom. The summed E-state index contributed by atoms with van der Waals surface area (Å²) in [7, 11) is 1.63. The van der Waals surface area contributed by atoms with E-state index in [0.717, 1.165) is 67.8 Å². The van der Waals surface area contributed by atoms with Gasteiger partial charge in [0, 0.05) is 54.3 Å². The van der Waals surface area contributed by atoms with E-state index < -0.39 is 0 Å². The molecule has 0 saturated carbocycles. The molecule has 3 heterocycles. The fourth-order valence-corrected chi connectivity index (χ4v) is 5.25. The van der Waals surface area contributed by atoms with E-state index in [2.05, 4.69) is 31.6 Å². The molecule has 1 amide bonds. The van der Waals surface area contributed by atoms with Gasteiger partial charge in [0.2, 0.25) is 5.91 Å². The molecular weight excluding hydrogens is 538 g/mol. The van der Waals surface area contributed by atoms with Crippen LogP contribution in [0.25, 0.3) is 17.0 Å². The number of nitrogens with one attached hydrogen (secondary N) is 2.